The fraction of sp³-hybridized carbons (Fsp3) is 0.833. The predicted octanol–water partition coefficient (Wildman–Crippen LogP) is 1.62. The second kappa shape index (κ2) is 5.93. The second-order valence-corrected chi connectivity index (χ2v) is 6.77. The highest BCUT2D eigenvalue weighted by Crippen LogP contribution is 2.29. The van der Waals surface area contributed by atoms with E-state index in [-0.39, 0.29) is 12.3 Å². The van der Waals surface area contributed by atoms with Crippen molar-refractivity contribution in [2.45, 2.75) is 51.2 Å². The lowest BCUT2D eigenvalue weighted by molar-refractivity contribution is -0.128. The Labute approximate surface area is 108 Å². The predicted molar refractivity (Wildman–Crippen MR) is 66.8 cm³/mol. The van der Waals surface area contributed by atoms with Crippen molar-refractivity contribution in [1.82, 2.24) is 0 Å². The van der Waals surface area contributed by atoms with Crippen LogP contribution in [-0.2, 0) is 19.7 Å². The summed E-state index contributed by atoms with van der Waals surface area (Å²) in [6, 6.07) is 0. The molecule has 18 heavy (non-hydrogen) atoms. The van der Waals surface area contributed by atoms with E-state index in [0.717, 1.165) is 25.7 Å². The Morgan fingerprint density at radius 2 is 1.72 bits per heavy atom. The van der Waals surface area contributed by atoms with Gasteiger partial charge in [0.2, 0.25) is 5.25 Å². The summed E-state index contributed by atoms with van der Waals surface area (Å²) in [5, 5.41) is -1.89. The smallest absolute Gasteiger partial charge is 0.282 e. The minimum absolute atomic E-state index is 0.0723. The SMILES string of the molecule is CC(C)C(=O)C(C(=O)CC1CCCC1)S(=O)(=O)O. The molecule has 104 valence electrons. The van der Waals surface area contributed by atoms with Gasteiger partial charge in [-0.3, -0.25) is 14.1 Å². The van der Waals surface area contributed by atoms with Crippen molar-refractivity contribution in [1.29, 1.82) is 0 Å². The van der Waals surface area contributed by atoms with E-state index in [4.69, 9.17) is 4.55 Å². The molecule has 1 unspecified atom stereocenters. The van der Waals surface area contributed by atoms with Crippen molar-refractivity contribution in [3.05, 3.63) is 0 Å². The van der Waals surface area contributed by atoms with Crippen LogP contribution in [0.3, 0.4) is 0 Å². The Kier molecular flexibility index (Phi) is 5.04. The summed E-state index contributed by atoms with van der Waals surface area (Å²) in [5.74, 6) is -1.82. The van der Waals surface area contributed by atoms with E-state index >= 15 is 0 Å². The summed E-state index contributed by atoms with van der Waals surface area (Å²) < 4.78 is 31.5. The van der Waals surface area contributed by atoms with Crippen molar-refractivity contribution >= 4 is 21.7 Å². The Morgan fingerprint density at radius 3 is 2.11 bits per heavy atom. The van der Waals surface area contributed by atoms with Crippen LogP contribution in [0, 0.1) is 11.8 Å². The van der Waals surface area contributed by atoms with Gasteiger partial charge in [-0.05, 0) is 5.92 Å². The van der Waals surface area contributed by atoms with Crippen LogP contribution >= 0.6 is 0 Å². The number of hydrogen-bond donors (Lipinski definition) is 1. The third kappa shape index (κ3) is 3.88. The number of carbonyl (C=O) groups is 2. The van der Waals surface area contributed by atoms with Crippen LogP contribution in [0.2, 0.25) is 0 Å². The first-order valence-corrected chi connectivity index (χ1v) is 7.76. The topological polar surface area (TPSA) is 88.5 Å². The van der Waals surface area contributed by atoms with Crippen molar-refractivity contribution in [2.24, 2.45) is 11.8 Å². The van der Waals surface area contributed by atoms with Gasteiger partial charge in [0.15, 0.2) is 11.6 Å². The average molecular weight is 276 g/mol. The molecule has 0 amide bonds. The molecule has 1 N–H and O–H groups in total. The van der Waals surface area contributed by atoms with E-state index in [2.05, 4.69) is 0 Å². The van der Waals surface area contributed by atoms with Gasteiger partial charge in [0, 0.05) is 12.3 Å². The summed E-state index contributed by atoms with van der Waals surface area (Å²) in [6.45, 7) is 3.03. The molecule has 1 aliphatic carbocycles. The molecule has 0 saturated heterocycles. The van der Waals surface area contributed by atoms with Crippen LogP contribution < -0.4 is 0 Å². The Bertz CT molecular complexity index is 418. The maximum atomic E-state index is 11.9. The van der Waals surface area contributed by atoms with Gasteiger partial charge in [-0.1, -0.05) is 39.5 Å². The molecule has 0 aromatic rings. The molecule has 6 heteroatoms. The summed E-state index contributed by atoms with van der Waals surface area (Å²) >= 11 is 0. The maximum absolute atomic E-state index is 11.9. The lowest BCUT2D eigenvalue weighted by Gasteiger charge is -2.16. The van der Waals surface area contributed by atoms with Gasteiger partial charge in [-0.2, -0.15) is 8.42 Å². The number of ketones is 2. The van der Waals surface area contributed by atoms with Crippen LogP contribution in [0.5, 0.6) is 0 Å². The van der Waals surface area contributed by atoms with Crippen LogP contribution in [0.1, 0.15) is 46.0 Å². The third-order valence-corrected chi connectivity index (χ3v) is 4.47. The molecule has 0 aromatic heterocycles. The van der Waals surface area contributed by atoms with E-state index in [9.17, 15) is 18.0 Å². The summed E-state index contributed by atoms with van der Waals surface area (Å²) in [5.41, 5.74) is 0. The minimum atomic E-state index is -4.65. The lowest BCUT2D eigenvalue weighted by atomic mass is 9.95. The second-order valence-electron chi connectivity index (χ2n) is 5.27. The third-order valence-electron chi connectivity index (χ3n) is 3.38. The standard InChI is InChI=1S/C12H20O5S/c1-8(2)11(14)12(18(15,16)17)10(13)7-9-5-3-4-6-9/h8-9,12H,3-7H2,1-2H3,(H,15,16,17). The molecule has 1 rings (SSSR count). The fourth-order valence-corrected chi connectivity index (χ4v) is 3.37. The summed E-state index contributed by atoms with van der Waals surface area (Å²) in [4.78, 5) is 23.7. The van der Waals surface area contributed by atoms with Gasteiger partial charge in [0.05, 0.1) is 0 Å². The highest BCUT2D eigenvalue weighted by Gasteiger charge is 2.39. The van der Waals surface area contributed by atoms with Crippen LogP contribution in [0.25, 0.3) is 0 Å². The molecule has 0 aromatic carbocycles. The number of rotatable bonds is 6. The van der Waals surface area contributed by atoms with Gasteiger partial charge >= 0.3 is 0 Å². The van der Waals surface area contributed by atoms with Crippen molar-refractivity contribution in [2.75, 3.05) is 0 Å². The van der Waals surface area contributed by atoms with E-state index in [1.165, 1.54) is 13.8 Å². The Hall–Kier alpha value is -0.750. The quantitative estimate of drug-likeness (QED) is 0.588. The van der Waals surface area contributed by atoms with Crippen LogP contribution in [0.15, 0.2) is 0 Å². The number of hydrogen-bond acceptors (Lipinski definition) is 4. The zero-order valence-corrected chi connectivity index (χ0v) is 11.6. The molecule has 5 nitrogen and oxygen atoms in total. The first-order chi connectivity index (χ1) is 8.23. The van der Waals surface area contributed by atoms with Gasteiger partial charge < -0.3 is 0 Å². The lowest BCUT2D eigenvalue weighted by Crippen LogP contribution is -2.40. The van der Waals surface area contributed by atoms with Crippen molar-refractivity contribution < 1.29 is 22.6 Å². The molecule has 1 fully saturated rings. The Balaban J connectivity index is 2.83. The number of carbonyl (C=O) groups excluding carboxylic acids is 2. The van der Waals surface area contributed by atoms with Crippen molar-refractivity contribution in [3.63, 3.8) is 0 Å². The zero-order chi connectivity index (χ0) is 13.9. The molecule has 0 spiro atoms. The summed E-state index contributed by atoms with van der Waals surface area (Å²) in [6.07, 6.45) is 3.92. The number of Topliss-reactive ketones (excluding diaryl/α,β-unsaturated/α-hetero) is 2. The highest BCUT2D eigenvalue weighted by atomic mass is 32.2. The normalized spacial score (nSPS) is 19.1. The van der Waals surface area contributed by atoms with Gasteiger partial charge in [-0.25, -0.2) is 0 Å². The molecule has 0 radical (unpaired) electrons. The van der Waals surface area contributed by atoms with E-state index in [0.29, 0.717) is 0 Å². The van der Waals surface area contributed by atoms with E-state index in [1.54, 1.807) is 0 Å². The molecule has 0 aliphatic heterocycles. The van der Waals surface area contributed by atoms with Gasteiger partial charge in [0.25, 0.3) is 10.1 Å². The average Bonchev–Trinajstić information content (AvgIpc) is 2.67. The molecular formula is C12H20O5S. The molecule has 1 aliphatic rings. The molecule has 1 atom stereocenters. The first-order valence-electron chi connectivity index (χ1n) is 6.26. The highest BCUT2D eigenvalue weighted by molar-refractivity contribution is 7.88. The fourth-order valence-electron chi connectivity index (χ4n) is 2.38. The van der Waals surface area contributed by atoms with E-state index < -0.39 is 32.9 Å². The molecular weight excluding hydrogens is 256 g/mol. The van der Waals surface area contributed by atoms with Gasteiger partial charge in [-0.15, -0.1) is 0 Å². The van der Waals surface area contributed by atoms with Gasteiger partial charge in [0.1, 0.15) is 0 Å². The molecule has 1 saturated carbocycles. The van der Waals surface area contributed by atoms with Crippen LogP contribution in [-0.4, -0.2) is 29.8 Å². The van der Waals surface area contributed by atoms with Crippen LogP contribution in [0.4, 0.5) is 0 Å². The zero-order valence-electron chi connectivity index (χ0n) is 10.8. The Morgan fingerprint density at radius 1 is 1.22 bits per heavy atom. The molecule has 0 heterocycles. The maximum Gasteiger partial charge on any atom is 0.282 e. The van der Waals surface area contributed by atoms with E-state index in [1.807, 2.05) is 0 Å². The monoisotopic (exact) mass is 276 g/mol. The largest absolute Gasteiger partial charge is 0.298 e. The first kappa shape index (κ1) is 15.3. The summed E-state index contributed by atoms with van der Waals surface area (Å²) in [7, 11) is -4.65. The minimum Gasteiger partial charge on any atom is -0.298 e. The molecule has 0 bridgehead atoms. The van der Waals surface area contributed by atoms with Crippen molar-refractivity contribution in [3.8, 4) is 0 Å².